The zero-order valence-electron chi connectivity index (χ0n) is 14.2. The number of hydrogen-bond acceptors (Lipinski definition) is 5. The molecule has 0 spiro atoms. The van der Waals surface area contributed by atoms with E-state index in [0.717, 1.165) is 5.56 Å². The zero-order valence-corrected chi connectivity index (χ0v) is 14.2. The van der Waals surface area contributed by atoms with E-state index in [1.54, 1.807) is 30.3 Å². The van der Waals surface area contributed by atoms with Crippen molar-refractivity contribution in [3.63, 3.8) is 0 Å². The van der Waals surface area contributed by atoms with Crippen LogP contribution in [0.3, 0.4) is 0 Å². The fourth-order valence-electron chi connectivity index (χ4n) is 2.42. The van der Waals surface area contributed by atoms with Gasteiger partial charge in [-0.1, -0.05) is 29.8 Å². The Hall–Kier alpha value is -3.72. The van der Waals surface area contributed by atoms with E-state index in [2.05, 4.69) is 26.7 Å². The van der Waals surface area contributed by atoms with Crippen molar-refractivity contribution in [3.8, 4) is 6.07 Å². The Morgan fingerprint density at radius 3 is 2.65 bits per heavy atom. The minimum atomic E-state index is -0.337. The average molecular weight is 343 g/mol. The maximum absolute atomic E-state index is 12.3. The molecule has 0 fully saturated rings. The molecule has 1 amide bonds. The number of rotatable bonds is 5. The highest BCUT2D eigenvalue weighted by molar-refractivity contribution is 6.03. The molecule has 0 bridgehead atoms. The van der Waals surface area contributed by atoms with Gasteiger partial charge in [-0.2, -0.15) is 5.26 Å². The van der Waals surface area contributed by atoms with Crippen LogP contribution in [0.5, 0.6) is 0 Å². The monoisotopic (exact) mass is 343 g/mol. The van der Waals surface area contributed by atoms with E-state index in [1.165, 1.54) is 11.9 Å². The molecule has 0 radical (unpaired) electrons. The molecule has 0 atom stereocenters. The molecular weight excluding hydrogens is 326 g/mol. The Labute approximate surface area is 151 Å². The normalized spacial score (nSPS) is 10.0. The lowest BCUT2D eigenvalue weighted by Crippen LogP contribution is -2.14. The molecule has 26 heavy (non-hydrogen) atoms. The third-order valence-corrected chi connectivity index (χ3v) is 3.73. The number of nitrogens with one attached hydrogen (secondary N) is 2. The number of benzene rings is 2. The first-order valence-electron chi connectivity index (χ1n) is 8.07. The van der Waals surface area contributed by atoms with E-state index in [1.807, 2.05) is 31.2 Å². The van der Waals surface area contributed by atoms with E-state index in [4.69, 9.17) is 5.26 Å². The predicted molar refractivity (Wildman–Crippen MR) is 99.6 cm³/mol. The van der Waals surface area contributed by atoms with Gasteiger partial charge in [0.05, 0.1) is 11.6 Å². The lowest BCUT2D eigenvalue weighted by Gasteiger charge is -2.08. The summed E-state index contributed by atoms with van der Waals surface area (Å²) in [7, 11) is 0. The van der Waals surface area contributed by atoms with Crippen molar-refractivity contribution in [2.45, 2.75) is 13.5 Å². The second-order valence-corrected chi connectivity index (χ2v) is 5.77. The first-order chi connectivity index (χ1) is 12.6. The second kappa shape index (κ2) is 7.90. The van der Waals surface area contributed by atoms with E-state index < -0.39 is 0 Å². The Balaban J connectivity index is 1.65. The highest BCUT2D eigenvalue weighted by atomic mass is 16.1. The smallest absolute Gasteiger partial charge is 0.274 e. The summed E-state index contributed by atoms with van der Waals surface area (Å²) >= 11 is 0. The molecule has 0 unspecified atom stereocenters. The summed E-state index contributed by atoms with van der Waals surface area (Å²) in [5.74, 6) is 0.238. The van der Waals surface area contributed by atoms with Gasteiger partial charge in [-0.3, -0.25) is 4.79 Å². The molecule has 1 heterocycles. The fourth-order valence-corrected chi connectivity index (χ4v) is 2.42. The van der Waals surface area contributed by atoms with Crippen LogP contribution in [0.25, 0.3) is 0 Å². The summed E-state index contributed by atoms with van der Waals surface area (Å²) in [6, 6.07) is 18.4. The Morgan fingerprint density at radius 1 is 1.12 bits per heavy atom. The van der Waals surface area contributed by atoms with Crippen molar-refractivity contribution in [3.05, 3.63) is 83.3 Å². The first kappa shape index (κ1) is 17.1. The predicted octanol–water partition coefficient (Wildman–Crippen LogP) is 3.52. The molecule has 6 heteroatoms. The molecule has 1 aromatic heterocycles. The summed E-state index contributed by atoms with van der Waals surface area (Å²) in [6.07, 6.45) is 1.35. The Kier molecular flexibility index (Phi) is 5.20. The number of aryl methyl sites for hydroxylation is 1. The van der Waals surface area contributed by atoms with Crippen LogP contribution in [0.1, 0.15) is 27.2 Å². The van der Waals surface area contributed by atoms with E-state index in [0.29, 0.717) is 23.6 Å². The van der Waals surface area contributed by atoms with Crippen LogP contribution in [-0.2, 0) is 6.54 Å². The number of nitriles is 1. The van der Waals surface area contributed by atoms with Crippen LogP contribution in [-0.4, -0.2) is 15.9 Å². The summed E-state index contributed by atoms with van der Waals surface area (Å²) in [5.41, 5.74) is 3.72. The first-order valence-corrected chi connectivity index (χ1v) is 8.07. The number of anilines is 2. The summed E-state index contributed by atoms with van der Waals surface area (Å²) in [5, 5.41) is 14.8. The van der Waals surface area contributed by atoms with Gasteiger partial charge in [0.1, 0.15) is 17.8 Å². The highest BCUT2D eigenvalue weighted by Crippen LogP contribution is 2.12. The largest absolute Gasteiger partial charge is 0.366 e. The molecule has 2 aromatic carbocycles. The fraction of sp³-hybridized carbons (Fsp3) is 0.100. The van der Waals surface area contributed by atoms with E-state index in [9.17, 15) is 4.79 Å². The lowest BCUT2D eigenvalue weighted by atomic mass is 10.1. The quantitative estimate of drug-likeness (QED) is 0.739. The SMILES string of the molecule is Cc1cccc(CNc2cc(C(=O)Nc3ccc(C#N)cc3)ncn2)c1. The van der Waals surface area contributed by atoms with Crippen molar-refractivity contribution >= 4 is 17.4 Å². The van der Waals surface area contributed by atoms with Gasteiger partial charge in [-0.25, -0.2) is 9.97 Å². The minimum absolute atomic E-state index is 0.260. The van der Waals surface area contributed by atoms with Gasteiger partial charge in [0.2, 0.25) is 0 Å². The molecular formula is C20H17N5O. The lowest BCUT2D eigenvalue weighted by molar-refractivity contribution is 0.102. The molecule has 0 aliphatic heterocycles. The Bertz CT molecular complexity index is 960. The maximum atomic E-state index is 12.3. The number of carbonyl (C=O) groups is 1. The molecule has 6 nitrogen and oxygen atoms in total. The van der Waals surface area contributed by atoms with E-state index in [-0.39, 0.29) is 11.6 Å². The molecule has 128 valence electrons. The van der Waals surface area contributed by atoms with Gasteiger partial charge >= 0.3 is 0 Å². The van der Waals surface area contributed by atoms with Crippen molar-refractivity contribution < 1.29 is 4.79 Å². The molecule has 0 aliphatic rings. The van der Waals surface area contributed by atoms with Gasteiger partial charge in [0.25, 0.3) is 5.91 Å². The number of carbonyl (C=O) groups excluding carboxylic acids is 1. The van der Waals surface area contributed by atoms with Crippen LogP contribution < -0.4 is 10.6 Å². The zero-order chi connectivity index (χ0) is 18.4. The minimum Gasteiger partial charge on any atom is -0.366 e. The maximum Gasteiger partial charge on any atom is 0.274 e. The number of hydrogen-bond donors (Lipinski definition) is 2. The molecule has 3 aromatic rings. The number of nitrogens with zero attached hydrogens (tertiary/aromatic N) is 3. The van der Waals surface area contributed by atoms with Gasteiger partial charge < -0.3 is 10.6 Å². The highest BCUT2D eigenvalue weighted by Gasteiger charge is 2.09. The summed E-state index contributed by atoms with van der Waals surface area (Å²) in [6.45, 7) is 2.65. The second-order valence-electron chi connectivity index (χ2n) is 5.77. The molecule has 3 rings (SSSR count). The van der Waals surface area contributed by atoms with Crippen LogP contribution in [0.2, 0.25) is 0 Å². The average Bonchev–Trinajstić information content (AvgIpc) is 2.67. The molecule has 0 saturated heterocycles. The summed E-state index contributed by atoms with van der Waals surface area (Å²) in [4.78, 5) is 20.5. The van der Waals surface area contributed by atoms with Crippen LogP contribution >= 0.6 is 0 Å². The van der Waals surface area contributed by atoms with Gasteiger partial charge in [-0.15, -0.1) is 0 Å². The van der Waals surface area contributed by atoms with Crippen molar-refractivity contribution in [1.82, 2.24) is 9.97 Å². The van der Waals surface area contributed by atoms with Crippen LogP contribution in [0, 0.1) is 18.3 Å². The summed E-state index contributed by atoms with van der Waals surface area (Å²) < 4.78 is 0. The van der Waals surface area contributed by atoms with Crippen molar-refractivity contribution in [1.29, 1.82) is 5.26 Å². The van der Waals surface area contributed by atoms with Crippen molar-refractivity contribution in [2.75, 3.05) is 10.6 Å². The molecule has 0 saturated carbocycles. The van der Waals surface area contributed by atoms with Gasteiger partial charge in [-0.05, 0) is 36.8 Å². The van der Waals surface area contributed by atoms with E-state index >= 15 is 0 Å². The Morgan fingerprint density at radius 2 is 1.92 bits per heavy atom. The molecule has 2 N–H and O–H groups in total. The third-order valence-electron chi connectivity index (χ3n) is 3.73. The van der Waals surface area contributed by atoms with Crippen molar-refractivity contribution in [2.24, 2.45) is 0 Å². The third kappa shape index (κ3) is 4.42. The van der Waals surface area contributed by atoms with Crippen LogP contribution in [0.15, 0.2) is 60.9 Å². The van der Waals surface area contributed by atoms with Gasteiger partial charge in [0.15, 0.2) is 0 Å². The number of aromatic nitrogens is 2. The number of amides is 1. The standard InChI is InChI=1S/C20H17N5O/c1-14-3-2-4-16(9-14)12-22-19-10-18(23-13-24-19)20(26)25-17-7-5-15(11-21)6-8-17/h2-10,13H,12H2,1H3,(H,25,26)(H,22,23,24). The van der Waals surface area contributed by atoms with Crippen LogP contribution in [0.4, 0.5) is 11.5 Å². The molecule has 0 aliphatic carbocycles. The van der Waals surface area contributed by atoms with Gasteiger partial charge in [0, 0.05) is 18.3 Å². The topological polar surface area (TPSA) is 90.7 Å².